The van der Waals surface area contributed by atoms with Gasteiger partial charge >= 0.3 is 0 Å². The van der Waals surface area contributed by atoms with E-state index in [0.29, 0.717) is 12.3 Å². The van der Waals surface area contributed by atoms with Gasteiger partial charge in [0, 0.05) is 30.2 Å². The molecule has 0 N–H and O–H groups in total. The molecule has 1 aliphatic carbocycles. The summed E-state index contributed by atoms with van der Waals surface area (Å²) in [4.78, 5) is 19.2. The Labute approximate surface area is 193 Å². The summed E-state index contributed by atoms with van der Waals surface area (Å²) in [6.07, 6.45) is 11.1. The Morgan fingerprint density at radius 3 is 2.62 bits per heavy atom. The van der Waals surface area contributed by atoms with Crippen molar-refractivity contribution < 1.29 is 4.79 Å². The van der Waals surface area contributed by atoms with Crippen molar-refractivity contribution in [3.63, 3.8) is 0 Å². The number of amides is 1. The van der Waals surface area contributed by atoms with E-state index in [1.807, 2.05) is 35.2 Å². The molecule has 1 amide bonds. The number of allylic oxidation sites excluding steroid dienone is 2. The Bertz CT molecular complexity index is 1050. The second-order valence-corrected chi connectivity index (χ2v) is 8.83. The maximum atomic E-state index is 13.2. The molecule has 1 aromatic carbocycles. The van der Waals surface area contributed by atoms with Gasteiger partial charge in [-0.1, -0.05) is 55.1 Å². The first kappa shape index (κ1) is 22.3. The normalized spacial score (nSPS) is 13.6. The summed E-state index contributed by atoms with van der Waals surface area (Å²) in [5, 5.41) is 9.66. The molecule has 6 nitrogen and oxygen atoms in total. The second-order valence-electron chi connectivity index (χ2n) is 7.89. The summed E-state index contributed by atoms with van der Waals surface area (Å²) in [6.45, 7) is 3.53. The predicted octanol–water partition coefficient (Wildman–Crippen LogP) is 5.18. The fourth-order valence-electron chi connectivity index (χ4n) is 3.94. The third-order valence-electron chi connectivity index (χ3n) is 5.53. The fourth-order valence-corrected chi connectivity index (χ4v) is 4.76. The number of nitrogens with zero attached hydrogens (tertiary/aromatic N) is 5. The highest BCUT2D eigenvalue weighted by atomic mass is 32.2. The van der Waals surface area contributed by atoms with Crippen LogP contribution in [0.2, 0.25) is 0 Å². The third kappa shape index (κ3) is 5.46. The Morgan fingerprint density at radius 1 is 1.09 bits per heavy atom. The number of aromatic nitrogens is 4. The highest BCUT2D eigenvalue weighted by Gasteiger charge is 2.21. The van der Waals surface area contributed by atoms with Crippen LogP contribution < -0.4 is 0 Å². The van der Waals surface area contributed by atoms with Crippen LogP contribution in [0.1, 0.15) is 44.6 Å². The summed E-state index contributed by atoms with van der Waals surface area (Å²) < 4.78 is 2.09. The smallest absolute Gasteiger partial charge is 0.237 e. The summed E-state index contributed by atoms with van der Waals surface area (Å²) in [7, 11) is 0. The molecule has 3 aromatic rings. The molecule has 0 spiro atoms. The molecular formula is C25H29N5OS. The molecule has 0 radical (unpaired) electrons. The zero-order valence-electron chi connectivity index (χ0n) is 18.5. The van der Waals surface area contributed by atoms with Gasteiger partial charge < -0.3 is 4.90 Å². The van der Waals surface area contributed by atoms with Gasteiger partial charge in [-0.15, -0.1) is 10.2 Å². The summed E-state index contributed by atoms with van der Waals surface area (Å²) in [6, 6.07) is 14.1. The van der Waals surface area contributed by atoms with Gasteiger partial charge in [0.1, 0.15) is 0 Å². The molecule has 1 aliphatic rings. The van der Waals surface area contributed by atoms with Crippen molar-refractivity contribution in [1.29, 1.82) is 0 Å². The van der Waals surface area contributed by atoms with Crippen LogP contribution in [0.3, 0.4) is 0 Å². The maximum absolute atomic E-state index is 13.2. The number of thioether (sulfide) groups is 1. The Balaban J connectivity index is 1.55. The number of benzene rings is 1. The van der Waals surface area contributed by atoms with Gasteiger partial charge in [0.25, 0.3) is 0 Å². The van der Waals surface area contributed by atoms with Crippen molar-refractivity contribution in [3.05, 3.63) is 72.2 Å². The van der Waals surface area contributed by atoms with Crippen LogP contribution in [0.4, 0.5) is 0 Å². The first-order chi connectivity index (χ1) is 15.8. The first-order valence-electron chi connectivity index (χ1n) is 11.3. The third-order valence-corrected chi connectivity index (χ3v) is 6.48. The predicted molar refractivity (Wildman–Crippen MR) is 128 cm³/mol. The van der Waals surface area contributed by atoms with E-state index in [1.165, 1.54) is 23.9 Å². The van der Waals surface area contributed by atoms with Crippen molar-refractivity contribution in [3.8, 4) is 11.4 Å². The van der Waals surface area contributed by atoms with E-state index in [9.17, 15) is 4.79 Å². The topological polar surface area (TPSA) is 63.9 Å². The number of rotatable bonds is 9. The SMILES string of the molecule is CCCN(C(=O)CSc1nnc(-c2ccncc2)n1Cc1ccccc1)C1=CCCCC1. The van der Waals surface area contributed by atoms with Crippen LogP contribution in [-0.2, 0) is 11.3 Å². The van der Waals surface area contributed by atoms with Gasteiger partial charge in [-0.25, -0.2) is 0 Å². The summed E-state index contributed by atoms with van der Waals surface area (Å²) in [5.74, 6) is 1.27. The molecule has 2 heterocycles. The van der Waals surface area contributed by atoms with E-state index in [2.05, 4.69) is 44.9 Å². The Morgan fingerprint density at radius 2 is 1.91 bits per heavy atom. The van der Waals surface area contributed by atoms with E-state index in [4.69, 9.17) is 0 Å². The molecule has 166 valence electrons. The average Bonchev–Trinajstić information content (AvgIpc) is 3.25. The highest BCUT2D eigenvalue weighted by Crippen LogP contribution is 2.27. The van der Waals surface area contributed by atoms with Crippen LogP contribution in [-0.4, -0.2) is 42.9 Å². The lowest BCUT2D eigenvalue weighted by molar-refractivity contribution is -0.126. The van der Waals surface area contributed by atoms with Crippen molar-refractivity contribution in [2.45, 2.75) is 50.7 Å². The molecule has 0 fully saturated rings. The minimum Gasteiger partial charge on any atom is -0.316 e. The van der Waals surface area contributed by atoms with E-state index in [-0.39, 0.29) is 5.91 Å². The lowest BCUT2D eigenvalue weighted by Gasteiger charge is -2.27. The molecular weight excluding hydrogens is 418 g/mol. The molecule has 0 aliphatic heterocycles. The lowest BCUT2D eigenvalue weighted by atomic mass is 10.0. The number of hydrogen-bond donors (Lipinski definition) is 0. The van der Waals surface area contributed by atoms with Gasteiger partial charge in [-0.2, -0.15) is 0 Å². The Hall–Kier alpha value is -2.93. The quantitative estimate of drug-likeness (QED) is 0.423. The molecule has 0 unspecified atom stereocenters. The zero-order valence-corrected chi connectivity index (χ0v) is 19.3. The summed E-state index contributed by atoms with van der Waals surface area (Å²) >= 11 is 1.46. The van der Waals surface area contributed by atoms with Crippen molar-refractivity contribution in [1.82, 2.24) is 24.6 Å². The zero-order chi connectivity index (χ0) is 22.2. The van der Waals surface area contributed by atoms with Gasteiger partial charge in [-0.3, -0.25) is 14.3 Å². The van der Waals surface area contributed by atoms with Crippen molar-refractivity contribution >= 4 is 17.7 Å². The molecule has 0 bridgehead atoms. The maximum Gasteiger partial charge on any atom is 0.237 e. The standard InChI is InChI=1S/C25H29N5OS/c1-2-17-29(22-11-7-4-8-12-22)23(31)19-32-25-28-27-24(21-13-15-26-16-14-21)30(25)18-20-9-5-3-6-10-20/h3,5-6,9-11,13-16H,2,4,7-8,12,17-19H2,1H3. The molecule has 2 aromatic heterocycles. The van der Waals surface area contributed by atoms with Crippen LogP contribution in [0, 0.1) is 0 Å². The van der Waals surface area contributed by atoms with Crippen LogP contribution in [0.5, 0.6) is 0 Å². The minimum atomic E-state index is 0.143. The molecule has 32 heavy (non-hydrogen) atoms. The van der Waals surface area contributed by atoms with Gasteiger partial charge in [0.2, 0.25) is 5.91 Å². The summed E-state index contributed by atoms with van der Waals surface area (Å²) in [5.41, 5.74) is 3.31. The monoisotopic (exact) mass is 447 g/mol. The number of carbonyl (C=O) groups excluding carboxylic acids is 1. The number of carbonyl (C=O) groups is 1. The molecule has 7 heteroatoms. The van der Waals surface area contributed by atoms with E-state index < -0.39 is 0 Å². The largest absolute Gasteiger partial charge is 0.316 e. The van der Waals surface area contributed by atoms with E-state index in [1.54, 1.807) is 12.4 Å². The van der Waals surface area contributed by atoms with Gasteiger partial charge in [0.15, 0.2) is 11.0 Å². The number of hydrogen-bond acceptors (Lipinski definition) is 5. The van der Waals surface area contributed by atoms with Crippen LogP contribution >= 0.6 is 11.8 Å². The highest BCUT2D eigenvalue weighted by molar-refractivity contribution is 7.99. The van der Waals surface area contributed by atoms with Crippen LogP contribution in [0.25, 0.3) is 11.4 Å². The second kappa shape index (κ2) is 11.1. The first-order valence-corrected chi connectivity index (χ1v) is 12.2. The van der Waals surface area contributed by atoms with Gasteiger partial charge in [-0.05, 0) is 49.8 Å². The van der Waals surface area contributed by atoms with E-state index >= 15 is 0 Å². The van der Waals surface area contributed by atoms with Crippen LogP contribution in [0.15, 0.2) is 71.8 Å². The number of pyridine rings is 1. The average molecular weight is 448 g/mol. The molecule has 0 atom stereocenters. The lowest BCUT2D eigenvalue weighted by Crippen LogP contribution is -2.33. The minimum absolute atomic E-state index is 0.143. The molecule has 0 saturated heterocycles. The molecule has 0 saturated carbocycles. The molecule has 4 rings (SSSR count). The van der Waals surface area contributed by atoms with E-state index in [0.717, 1.165) is 54.3 Å². The van der Waals surface area contributed by atoms with Gasteiger partial charge in [0.05, 0.1) is 12.3 Å². The van der Waals surface area contributed by atoms with Crippen molar-refractivity contribution in [2.75, 3.05) is 12.3 Å². The fraction of sp³-hybridized carbons (Fsp3) is 0.360. The van der Waals surface area contributed by atoms with Crippen molar-refractivity contribution in [2.24, 2.45) is 0 Å². The Kier molecular flexibility index (Phi) is 7.72.